The standard InChI is InChI=1S/C31H27N3O3S2/c35-30-28(39-31(38)33(30)20-27-12-7-17-36-27)18-24-19-34(25-10-5-2-6-11-25)32-29(24)23-13-15-26(16-14-23)37-21-22-8-3-1-4-9-22/h1-6,8-11,13-16,18-19,27H,7,12,17,20-21H2. The van der Waals surface area contributed by atoms with E-state index in [-0.39, 0.29) is 12.0 Å². The molecule has 2 fully saturated rings. The molecule has 2 aliphatic heterocycles. The summed E-state index contributed by atoms with van der Waals surface area (Å²) < 4.78 is 14.1. The number of carbonyl (C=O) groups is 1. The molecule has 1 aromatic heterocycles. The van der Waals surface area contributed by atoms with Gasteiger partial charge in [0.05, 0.1) is 28.9 Å². The molecule has 0 saturated carbocycles. The first-order valence-electron chi connectivity index (χ1n) is 12.9. The van der Waals surface area contributed by atoms with Crippen molar-refractivity contribution >= 4 is 40.3 Å². The minimum atomic E-state index is -0.0800. The van der Waals surface area contributed by atoms with Crippen molar-refractivity contribution in [3.63, 3.8) is 0 Å². The summed E-state index contributed by atoms with van der Waals surface area (Å²) >= 11 is 6.90. The van der Waals surface area contributed by atoms with Gasteiger partial charge in [-0.1, -0.05) is 72.5 Å². The van der Waals surface area contributed by atoms with E-state index < -0.39 is 0 Å². The second-order valence-electron chi connectivity index (χ2n) is 9.44. The molecule has 0 bridgehead atoms. The van der Waals surface area contributed by atoms with Crippen molar-refractivity contribution in [2.24, 2.45) is 0 Å². The lowest BCUT2D eigenvalue weighted by Gasteiger charge is -2.18. The molecule has 39 heavy (non-hydrogen) atoms. The van der Waals surface area contributed by atoms with Crippen LogP contribution in [0.15, 0.2) is 96.0 Å². The highest BCUT2D eigenvalue weighted by Crippen LogP contribution is 2.36. The predicted molar refractivity (Wildman–Crippen MR) is 159 cm³/mol. The summed E-state index contributed by atoms with van der Waals surface area (Å²) in [5, 5.41) is 4.91. The first-order chi connectivity index (χ1) is 19.1. The van der Waals surface area contributed by atoms with Crippen LogP contribution in [-0.4, -0.2) is 44.2 Å². The monoisotopic (exact) mass is 553 g/mol. The van der Waals surface area contributed by atoms with Gasteiger partial charge in [0.1, 0.15) is 16.7 Å². The second-order valence-corrected chi connectivity index (χ2v) is 11.1. The van der Waals surface area contributed by atoms with E-state index in [1.807, 2.05) is 102 Å². The van der Waals surface area contributed by atoms with Crippen LogP contribution in [0, 0.1) is 0 Å². The van der Waals surface area contributed by atoms with Crippen LogP contribution in [0.3, 0.4) is 0 Å². The van der Waals surface area contributed by atoms with Crippen molar-refractivity contribution in [3.05, 3.63) is 107 Å². The van der Waals surface area contributed by atoms with Gasteiger partial charge in [-0.15, -0.1) is 0 Å². The maximum Gasteiger partial charge on any atom is 0.266 e. The fourth-order valence-electron chi connectivity index (χ4n) is 4.67. The van der Waals surface area contributed by atoms with E-state index in [1.165, 1.54) is 11.8 Å². The third kappa shape index (κ3) is 5.83. The predicted octanol–water partition coefficient (Wildman–Crippen LogP) is 6.50. The lowest BCUT2D eigenvalue weighted by molar-refractivity contribution is -0.123. The Balaban J connectivity index is 1.28. The minimum absolute atomic E-state index is 0.0471. The molecule has 1 amide bonds. The van der Waals surface area contributed by atoms with Crippen molar-refractivity contribution in [2.75, 3.05) is 13.2 Å². The maximum absolute atomic E-state index is 13.3. The third-order valence-electron chi connectivity index (χ3n) is 6.71. The van der Waals surface area contributed by atoms with Gasteiger partial charge < -0.3 is 9.47 Å². The second kappa shape index (κ2) is 11.6. The zero-order chi connectivity index (χ0) is 26.6. The number of thiocarbonyl (C=S) groups is 1. The van der Waals surface area contributed by atoms with Crippen LogP contribution in [0.1, 0.15) is 24.0 Å². The molecule has 6 nitrogen and oxygen atoms in total. The van der Waals surface area contributed by atoms with E-state index >= 15 is 0 Å². The number of rotatable bonds is 8. The number of amides is 1. The first kappa shape index (κ1) is 25.6. The van der Waals surface area contributed by atoms with E-state index in [2.05, 4.69) is 0 Å². The molecule has 0 N–H and O–H groups in total. The Hall–Kier alpha value is -3.72. The summed E-state index contributed by atoms with van der Waals surface area (Å²) in [5.41, 5.74) is 4.60. The van der Waals surface area contributed by atoms with Gasteiger partial charge in [-0.25, -0.2) is 4.68 Å². The van der Waals surface area contributed by atoms with Crippen LogP contribution in [0.4, 0.5) is 0 Å². The van der Waals surface area contributed by atoms with Crippen molar-refractivity contribution in [1.82, 2.24) is 14.7 Å². The number of hydrogen-bond donors (Lipinski definition) is 0. The first-order valence-corrected chi connectivity index (χ1v) is 14.2. The number of carbonyl (C=O) groups excluding carboxylic acids is 1. The van der Waals surface area contributed by atoms with Gasteiger partial charge in [0, 0.05) is 23.9 Å². The van der Waals surface area contributed by atoms with Crippen LogP contribution in [0.25, 0.3) is 23.0 Å². The zero-order valence-corrected chi connectivity index (χ0v) is 22.9. The average Bonchev–Trinajstić information content (AvgIpc) is 3.71. The van der Waals surface area contributed by atoms with Crippen LogP contribution < -0.4 is 4.74 Å². The number of aromatic nitrogens is 2. The molecular weight excluding hydrogens is 526 g/mol. The zero-order valence-electron chi connectivity index (χ0n) is 21.2. The minimum Gasteiger partial charge on any atom is -0.489 e. The van der Waals surface area contributed by atoms with Crippen molar-refractivity contribution in [1.29, 1.82) is 0 Å². The quantitative estimate of drug-likeness (QED) is 0.183. The van der Waals surface area contributed by atoms with Crippen LogP contribution in [0.2, 0.25) is 0 Å². The van der Waals surface area contributed by atoms with Gasteiger partial charge in [-0.05, 0) is 60.9 Å². The molecule has 196 valence electrons. The Morgan fingerprint density at radius 3 is 2.49 bits per heavy atom. The molecule has 3 heterocycles. The fourth-order valence-corrected chi connectivity index (χ4v) is 5.94. The van der Waals surface area contributed by atoms with Crippen molar-refractivity contribution in [2.45, 2.75) is 25.6 Å². The molecule has 8 heteroatoms. The highest BCUT2D eigenvalue weighted by Gasteiger charge is 2.35. The molecule has 2 aliphatic rings. The SMILES string of the molecule is O=C1C(=Cc2cn(-c3ccccc3)nc2-c2ccc(OCc3ccccc3)cc2)SC(=S)N1CC1CCCO1. The molecule has 1 atom stereocenters. The number of thioether (sulfide) groups is 1. The van der Waals surface area contributed by atoms with E-state index in [0.717, 1.165) is 53.3 Å². The summed E-state index contributed by atoms with van der Waals surface area (Å²) in [6.07, 6.45) is 5.88. The van der Waals surface area contributed by atoms with Crippen LogP contribution in [-0.2, 0) is 16.1 Å². The molecular formula is C31H27N3O3S2. The Morgan fingerprint density at radius 1 is 1.03 bits per heavy atom. The van der Waals surface area contributed by atoms with E-state index in [9.17, 15) is 4.79 Å². The maximum atomic E-state index is 13.3. The van der Waals surface area contributed by atoms with E-state index in [1.54, 1.807) is 4.90 Å². The molecule has 2 saturated heterocycles. The number of ether oxygens (including phenoxy) is 2. The van der Waals surface area contributed by atoms with Crippen molar-refractivity contribution in [3.8, 4) is 22.7 Å². The summed E-state index contributed by atoms with van der Waals surface area (Å²) in [7, 11) is 0. The smallest absolute Gasteiger partial charge is 0.266 e. The third-order valence-corrected chi connectivity index (χ3v) is 8.09. The topological polar surface area (TPSA) is 56.6 Å². The van der Waals surface area contributed by atoms with Gasteiger partial charge in [0.2, 0.25) is 0 Å². The van der Waals surface area contributed by atoms with Crippen molar-refractivity contribution < 1.29 is 14.3 Å². The fraction of sp³-hybridized carbons (Fsp3) is 0.194. The Kier molecular flexibility index (Phi) is 7.58. The number of benzene rings is 3. The lowest BCUT2D eigenvalue weighted by Crippen LogP contribution is -2.35. The summed E-state index contributed by atoms with van der Waals surface area (Å²) in [4.78, 5) is 15.6. The number of para-hydroxylation sites is 1. The van der Waals surface area contributed by atoms with Gasteiger partial charge in [-0.3, -0.25) is 9.69 Å². The largest absolute Gasteiger partial charge is 0.489 e. The molecule has 4 aromatic rings. The highest BCUT2D eigenvalue weighted by molar-refractivity contribution is 8.26. The summed E-state index contributed by atoms with van der Waals surface area (Å²) in [6.45, 7) is 1.75. The molecule has 0 aliphatic carbocycles. The normalized spacial score (nSPS) is 18.3. The molecule has 1 unspecified atom stereocenters. The average molecular weight is 554 g/mol. The van der Waals surface area contributed by atoms with Gasteiger partial charge in [0.25, 0.3) is 5.91 Å². The lowest BCUT2D eigenvalue weighted by atomic mass is 10.1. The molecule has 3 aromatic carbocycles. The van der Waals surface area contributed by atoms with Crippen LogP contribution in [0.5, 0.6) is 5.75 Å². The number of hydrogen-bond acceptors (Lipinski definition) is 6. The van der Waals surface area contributed by atoms with Crippen LogP contribution >= 0.6 is 24.0 Å². The Labute approximate surface area is 237 Å². The molecule has 6 rings (SSSR count). The van der Waals surface area contributed by atoms with E-state index in [0.29, 0.717) is 22.4 Å². The molecule has 0 radical (unpaired) electrons. The summed E-state index contributed by atoms with van der Waals surface area (Å²) in [5.74, 6) is 0.699. The summed E-state index contributed by atoms with van der Waals surface area (Å²) in [6, 6.07) is 27.9. The van der Waals surface area contributed by atoms with Gasteiger partial charge >= 0.3 is 0 Å². The molecule has 0 spiro atoms. The highest BCUT2D eigenvalue weighted by atomic mass is 32.2. The Bertz CT molecular complexity index is 1500. The number of nitrogens with zero attached hydrogens (tertiary/aromatic N) is 3. The van der Waals surface area contributed by atoms with E-state index in [4.69, 9.17) is 26.8 Å². The van der Waals surface area contributed by atoms with Gasteiger partial charge in [-0.2, -0.15) is 5.10 Å². The van der Waals surface area contributed by atoms with Gasteiger partial charge in [0.15, 0.2) is 0 Å². The Morgan fingerprint density at radius 2 is 1.77 bits per heavy atom.